The first kappa shape index (κ1) is 14.6. The minimum atomic E-state index is -0.868. The van der Waals surface area contributed by atoms with Crippen LogP contribution in [0.3, 0.4) is 0 Å². The standard InChI is InChI=1S/C13H16Cl2N2O2/c1-8-7-16-4-5-17(8)12(13(18)19)9-2-3-10(14)11(15)6-9/h2-3,6,8,12,16H,4-5,7H2,1H3,(H,18,19). The van der Waals surface area contributed by atoms with E-state index in [1.165, 1.54) is 0 Å². The molecule has 1 aliphatic heterocycles. The Kier molecular flexibility index (Phi) is 4.68. The third-order valence-corrected chi connectivity index (χ3v) is 4.12. The number of hydrogen-bond acceptors (Lipinski definition) is 3. The molecule has 0 aliphatic carbocycles. The zero-order valence-electron chi connectivity index (χ0n) is 10.6. The normalized spacial score (nSPS) is 22.2. The van der Waals surface area contributed by atoms with Gasteiger partial charge in [-0.15, -0.1) is 0 Å². The highest BCUT2D eigenvalue weighted by atomic mass is 35.5. The lowest BCUT2D eigenvalue weighted by Crippen LogP contribution is -2.52. The topological polar surface area (TPSA) is 52.6 Å². The Morgan fingerprint density at radius 3 is 2.79 bits per heavy atom. The predicted molar refractivity (Wildman–Crippen MR) is 75.9 cm³/mol. The van der Waals surface area contributed by atoms with Gasteiger partial charge in [-0.3, -0.25) is 9.69 Å². The average Bonchev–Trinajstić information content (AvgIpc) is 2.36. The molecule has 2 atom stereocenters. The van der Waals surface area contributed by atoms with Crippen LogP contribution in [0.2, 0.25) is 10.0 Å². The molecule has 2 unspecified atom stereocenters. The molecule has 19 heavy (non-hydrogen) atoms. The van der Waals surface area contributed by atoms with Gasteiger partial charge >= 0.3 is 5.97 Å². The summed E-state index contributed by atoms with van der Waals surface area (Å²) in [5, 5.41) is 13.6. The van der Waals surface area contributed by atoms with Crippen LogP contribution in [0.5, 0.6) is 0 Å². The van der Waals surface area contributed by atoms with E-state index in [0.29, 0.717) is 22.2 Å². The maximum absolute atomic E-state index is 11.6. The summed E-state index contributed by atoms with van der Waals surface area (Å²) in [6.07, 6.45) is 0. The van der Waals surface area contributed by atoms with Crippen molar-refractivity contribution in [2.24, 2.45) is 0 Å². The first-order valence-corrected chi connectivity index (χ1v) is 6.90. The highest BCUT2D eigenvalue weighted by Gasteiger charge is 2.32. The molecule has 0 amide bonds. The van der Waals surface area contributed by atoms with E-state index in [-0.39, 0.29) is 6.04 Å². The average molecular weight is 303 g/mol. The van der Waals surface area contributed by atoms with E-state index >= 15 is 0 Å². The molecule has 0 radical (unpaired) electrons. The van der Waals surface area contributed by atoms with Crippen molar-refractivity contribution in [3.05, 3.63) is 33.8 Å². The molecule has 4 nitrogen and oxygen atoms in total. The number of nitrogens with zero attached hydrogens (tertiary/aromatic N) is 1. The Morgan fingerprint density at radius 1 is 1.47 bits per heavy atom. The quantitative estimate of drug-likeness (QED) is 0.900. The molecule has 0 bridgehead atoms. The number of nitrogens with one attached hydrogen (secondary N) is 1. The Hall–Kier alpha value is -0.810. The van der Waals surface area contributed by atoms with Gasteiger partial charge in [0.15, 0.2) is 0 Å². The lowest BCUT2D eigenvalue weighted by molar-refractivity contribution is -0.145. The first-order chi connectivity index (χ1) is 9.00. The van der Waals surface area contributed by atoms with E-state index in [1.54, 1.807) is 18.2 Å². The lowest BCUT2D eigenvalue weighted by Gasteiger charge is -2.38. The summed E-state index contributed by atoms with van der Waals surface area (Å²) in [4.78, 5) is 13.6. The number of piperazine rings is 1. The van der Waals surface area contributed by atoms with Crippen LogP contribution < -0.4 is 5.32 Å². The van der Waals surface area contributed by atoms with E-state index in [0.717, 1.165) is 13.1 Å². The van der Waals surface area contributed by atoms with Crippen molar-refractivity contribution >= 4 is 29.2 Å². The number of carboxylic acids is 1. The molecule has 2 rings (SSSR count). The third-order valence-electron chi connectivity index (χ3n) is 3.38. The lowest BCUT2D eigenvalue weighted by atomic mass is 10.0. The molecule has 1 aromatic rings. The van der Waals surface area contributed by atoms with Crippen LogP contribution in [0, 0.1) is 0 Å². The van der Waals surface area contributed by atoms with Crippen molar-refractivity contribution in [1.82, 2.24) is 10.2 Å². The van der Waals surface area contributed by atoms with E-state index in [1.807, 2.05) is 11.8 Å². The zero-order valence-corrected chi connectivity index (χ0v) is 12.1. The van der Waals surface area contributed by atoms with Crippen LogP contribution in [0.15, 0.2) is 18.2 Å². The molecular weight excluding hydrogens is 287 g/mol. The van der Waals surface area contributed by atoms with Crippen LogP contribution in [-0.2, 0) is 4.79 Å². The fourth-order valence-corrected chi connectivity index (χ4v) is 2.71. The zero-order chi connectivity index (χ0) is 14.0. The highest BCUT2D eigenvalue weighted by Crippen LogP contribution is 2.30. The Labute approximate surface area is 122 Å². The second-order valence-electron chi connectivity index (χ2n) is 4.71. The summed E-state index contributed by atoms with van der Waals surface area (Å²) in [6.45, 7) is 4.28. The van der Waals surface area contributed by atoms with E-state index < -0.39 is 12.0 Å². The van der Waals surface area contributed by atoms with Gasteiger partial charge < -0.3 is 10.4 Å². The van der Waals surface area contributed by atoms with E-state index in [9.17, 15) is 9.90 Å². The summed E-state index contributed by atoms with van der Waals surface area (Å²) in [7, 11) is 0. The molecule has 6 heteroatoms. The van der Waals surface area contributed by atoms with Crippen molar-refractivity contribution in [3.8, 4) is 0 Å². The number of carboxylic acid groups (broad SMARTS) is 1. The van der Waals surface area contributed by atoms with Crippen molar-refractivity contribution in [3.63, 3.8) is 0 Å². The van der Waals surface area contributed by atoms with Gasteiger partial charge in [-0.05, 0) is 24.6 Å². The number of halogens is 2. The molecule has 1 fully saturated rings. The molecule has 1 saturated heterocycles. The van der Waals surface area contributed by atoms with Crippen LogP contribution in [0.4, 0.5) is 0 Å². The van der Waals surface area contributed by atoms with Crippen molar-refractivity contribution < 1.29 is 9.90 Å². The highest BCUT2D eigenvalue weighted by molar-refractivity contribution is 6.42. The maximum atomic E-state index is 11.6. The number of carbonyl (C=O) groups is 1. The molecule has 0 aromatic heterocycles. The maximum Gasteiger partial charge on any atom is 0.325 e. The number of benzene rings is 1. The van der Waals surface area contributed by atoms with E-state index in [2.05, 4.69) is 5.32 Å². The van der Waals surface area contributed by atoms with Crippen molar-refractivity contribution in [2.75, 3.05) is 19.6 Å². The van der Waals surface area contributed by atoms with Gasteiger partial charge in [-0.1, -0.05) is 29.3 Å². The monoisotopic (exact) mass is 302 g/mol. The molecule has 1 aromatic carbocycles. The van der Waals surface area contributed by atoms with Crippen LogP contribution >= 0.6 is 23.2 Å². The second-order valence-corrected chi connectivity index (χ2v) is 5.52. The Bertz CT molecular complexity index is 482. The minimum Gasteiger partial charge on any atom is -0.480 e. The summed E-state index contributed by atoms with van der Waals surface area (Å²) < 4.78 is 0. The van der Waals surface area contributed by atoms with Gasteiger partial charge in [0, 0.05) is 25.7 Å². The molecule has 0 saturated carbocycles. The van der Waals surface area contributed by atoms with Gasteiger partial charge in [0.05, 0.1) is 10.0 Å². The summed E-state index contributed by atoms with van der Waals surface area (Å²) in [5.41, 5.74) is 0.663. The predicted octanol–water partition coefficient (Wildman–Crippen LogP) is 2.41. The van der Waals surface area contributed by atoms with Gasteiger partial charge in [-0.2, -0.15) is 0 Å². The van der Waals surface area contributed by atoms with Crippen LogP contribution in [-0.4, -0.2) is 41.7 Å². The van der Waals surface area contributed by atoms with Crippen LogP contribution in [0.1, 0.15) is 18.5 Å². The van der Waals surface area contributed by atoms with Crippen LogP contribution in [0.25, 0.3) is 0 Å². The molecule has 104 valence electrons. The SMILES string of the molecule is CC1CNCCN1C(C(=O)O)c1ccc(Cl)c(Cl)c1. The molecule has 1 heterocycles. The molecule has 1 aliphatic rings. The number of rotatable bonds is 3. The van der Waals surface area contributed by atoms with Crippen molar-refractivity contribution in [1.29, 1.82) is 0 Å². The van der Waals surface area contributed by atoms with Gasteiger partial charge in [0.25, 0.3) is 0 Å². The van der Waals surface area contributed by atoms with Gasteiger partial charge in [-0.25, -0.2) is 0 Å². The fourth-order valence-electron chi connectivity index (χ4n) is 2.40. The van der Waals surface area contributed by atoms with Crippen molar-refractivity contribution in [2.45, 2.75) is 19.0 Å². The minimum absolute atomic E-state index is 0.157. The smallest absolute Gasteiger partial charge is 0.325 e. The van der Waals surface area contributed by atoms with Gasteiger partial charge in [0.2, 0.25) is 0 Å². The number of hydrogen-bond donors (Lipinski definition) is 2. The number of aliphatic carboxylic acids is 1. The van der Waals surface area contributed by atoms with Gasteiger partial charge in [0.1, 0.15) is 6.04 Å². The fraction of sp³-hybridized carbons (Fsp3) is 0.462. The Morgan fingerprint density at radius 2 is 2.21 bits per heavy atom. The summed E-state index contributed by atoms with van der Waals surface area (Å²) in [6, 6.07) is 4.47. The molecule has 2 N–H and O–H groups in total. The summed E-state index contributed by atoms with van der Waals surface area (Å²) >= 11 is 11.9. The third kappa shape index (κ3) is 3.20. The Balaban J connectivity index is 2.33. The van der Waals surface area contributed by atoms with E-state index in [4.69, 9.17) is 23.2 Å². The molecule has 0 spiro atoms. The summed E-state index contributed by atoms with van der Waals surface area (Å²) in [5.74, 6) is -0.868. The molecular formula is C13H16Cl2N2O2. The first-order valence-electron chi connectivity index (χ1n) is 6.15. The largest absolute Gasteiger partial charge is 0.480 e. The second kappa shape index (κ2) is 6.09.